The van der Waals surface area contributed by atoms with Gasteiger partial charge in [0.2, 0.25) is 0 Å². The number of hydrogen-bond acceptors (Lipinski definition) is 2. The molecule has 0 N–H and O–H groups in total. The summed E-state index contributed by atoms with van der Waals surface area (Å²) in [4.78, 5) is 0. The molecule has 0 fully saturated rings. The Hall–Kier alpha value is -1.07. The van der Waals surface area contributed by atoms with E-state index < -0.39 is 0 Å². The Bertz CT molecular complexity index is 601. The first-order valence-electron chi connectivity index (χ1n) is 5.81. The van der Waals surface area contributed by atoms with Crippen LogP contribution < -0.4 is 4.74 Å². The van der Waals surface area contributed by atoms with E-state index in [1.807, 2.05) is 14.0 Å². The molecule has 102 valence electrons. The van der Waals surface area contributed by atoms with Crippen LogP contribution in [0.1, 0.15) is 18.3 Å². The Morgan fingerprint density at radius 1 is 1.47 bits per heavy atom. The van der Waals surface area contributed by atoms with Crippen LogP contribution in [0.4, 0.5) is 4.39 Å². The monoisotopic (exact) mass is 346 g/mol. The maximum absolute atomic E-state index is 13.1. The number of ether oxygens (including phenoxy) is 1. The van der Waals surface area contributed by atoms with Gasteiger partial charge in [0.25, 0.3) is 0 Å². The molecule has 3 nitrogen and oxygen atoms in total. The van der Waals surface area contributed by atoms with Crippen LogP contribution in [-0.4, -0.2) is 9.78 Å². The van der Waals surface area contributed by atoms with Crippen molar-refractivity contribution in [1.29, 1.82) is 0 Å². The predicted octanol–water partition coefficient (Wildman–Crippen LogP) is 4.12. The summed E-state index contributed by atoms with van der Waals surface area (Å²) in [6.45, 7) is 2.29. The van der Waals surface area contributed by atoms with Crippen LogP contribution in [0.15, 0.2) is 22.7 Å². The van der Waals surface area contributed by atoms with Crippen molar-refractivity contribution in [3.63, 3.8) is 0 Å². The largest absolute Gasteiger partial charge is 0.487 e. The van der Waals surface area contributed by atoms with Crippen LogP contribution in [0.5, 0.6) is 5.75 Å². The fraction of sp³-hybridized carbons (Fsp3) is 0.308. The maximum atomic E-state index is 13.1. The average Bonchev–Trinajstić information content (AvgIpc) is 2.66. The molecule has 0 atom stereocenters. The number of rotatable bonds is 4. The summed E-state index contributed by atoms with van der Waals surface area (Å²) in [5.41, 5.74) is 1.65. The van der Waals surface area contributed by atoms with Crippen LogP contribution in [0.25, 0.3) is 0 Å². The molecular weight excluding hydrogens is 335 g/mol. The summed E-state index contributed by atoms with van der Waals surface area (Å²) < 4.78 is 20.8. The molecule has 0 saturated carbocycles. The highest BCUT2D eigenvalue weighted by molar-refractivity contribution is 9.10. The molecule has 0 aliphatic carbocycles. The third-order valence-electron chi connectivity index (χ3n) is 2.77. The Labute approximate surface area is 124 Å². The molecule has 6 heteroatoms. The Kier molecular flexibility index (Phi) is 4.47. The van der Waals surface area contributed by atoms with Gasteiger partial charge in [-0.2, -0.15) is 5.10 Å². The molecule has 1 aromatic heterocycles. The number of hydrogen-bond donors (Lipinski definition) is 0. The first-order chi connectivity index (χ1) is 9.02. The van der Waals surface area contributed by atoms with Gasteiger partial charge in [0.05, 0.1) is 20.9 Å². The molecule has 0 aliphatic rings. The van der Waals surface area contributed by atoms with Gasteiger partial charge >= 0.3 is 0 Å². The molecule has 0 radical (unpaired) electrons. The number of aryl methyl sites for hydroxylation is 2. The molecule has 0 bridgehead atoms. The zero-order valence-electron chi connectivity index (χ0n) is 10.6. The predicted molar refractivity (Wildman–Crippen MR) is 76.0 cm³/mol. The number of aromatic nitrogens is 2. The molecule has 0 unspecified atom stereocenters. The van der Waals surface area contributed by atoms with Crippen molar-refractivity contribution in [3.05, 3.63) is 44.9 Å². The molecule has 1 heterocycles. The fourth-order valence-corrected chi connectivity index (χ4v) is 2.40. The summed E-state index contributed by atoms with van der Waals surface area (Å²) in [6, 6.07) is 4.51. The van der Waals surface area contributed by atoms with Crippen molar-refractivity contribution < 1.29 is 9.13 Å². The van der Waals surface area contributed by atoms with Gasteiger partial charge in [0, 0.05) is 7.05 Å². The SMILES string of the molecule is CCc1nn(C)c(COc2ccc(F)c(Br)c2)c1Cl. The van der Waals surface area contributed by atoms with Crippen LogP contribution in [0, 0.1) is 5.82 Å². The third kappa shape index (κ3) is 3.09. The van der Waals surface area contributed by atoms with Crippen molar-refractivity contribution in [2.75, 3.05) is 0 Å². The van der Waals surface area contributed by atoms with Gasteiger partial charge in [0.1, 0.15) is 18.2 Å². The minimum Gasteiger partial charge on any atom is -0.487 e. The van der Waals surface area contributed by atoms with E-state index in [9.17, 15) is 4.39 Å². The summed E-state index contributed by atoms with van der Waals surface area (Å²) in [7, 11) is 1.82. The Morgan fingerprint density at radius 2 is 2.21 bits per heavy atom. The quantitative estimate of drug-likeness (QED) is 0.832. The normalized spacial score (nSPS) is 10.8. The van der Waals surface area contributed by atoms with E-state index in [0.29, 0.717) is 21.9 Å². The van der Waals surface area contributed by atoms with E-state index in [-0.39, 0.29) is 5.82 Å². The highest BCUT2D eigenvalue weighted by atomic mass is 79.9. The van der Waals surface area contributed by atoms with Crippen molar-refractivity contribution in [3.8, 4) is 5.75 Å². The molecule has 19 heavy (non-hydrogen) atoms. The first-order valence-corrected chi connectivity index (χ1v) is 6.98. The second kappa shape index (κ2) is 5.92. The Balaban J connectivity index is 2.14. The second-order valence-corrected chi connectivity index (χ2v) is 5.28. The summed E-state index contributed by atoms with van der Waals surface area (Å²) in [6.07, 6.45) is 0.773. The van der Waals surface area contributed by atoms with Crippen LogP contribution in [-0.2, 0) is 20.1 Å². The van der Waals surface area contributed by atoms with Crippen molar-refractivity contribution in [2.45, 2.75) is 20.0 Å². The van der Waals surface area contributed by atoms with E-state index in [4.69, 9.17) is 16.3 Å². The average molecular weight is 348 g/mol. The van der Waals surface area contributed by atoms with E-state index in [0.717, 1.165) is 17.8 Å². The molecule has 0 amide bonds. The summed E-state index contributed by atoms with van der Waals surface area (Å²) in [5, 5.41) is 4.94. The van der Waals surface area contributed by atoms with Gasteiger partial charge in [-0.3, -0.25) is 4.68 Å². The minimum absolute atomic E-state index is 0.292. The number of nitrogens with zero attached hydrogens (tertiary/aromatic N) is 2. The number of halogens is 3. The second-order valence-electron chi connectivity index (χ2n) is 4.05. The third-order valence-corrected chi connectivity index (χ3v) is 3.81. The van der Waals surface area contributed by atoms with Gasteiger partial charge in [0.15, 0.2) is 0 Å². The van der Waals surface area contributed by atoms with Gasteiger partial charge in [-0.1, -0.05) is 18.5 Å². The number of benzene rings is 1. The van der Waals surface area contributed by atoms with Gasteiger partial charge in [-0.05, 0) is 40.5 Å². The van der Waals surface area contributed by atoms with Crippen molar-refractivity contribution in [1.82, 2.24) is 9.78 Å². The van der Waals surface area contributed by atoms with Crippen molar-refractivity contribution in [2.24, 2.45) is 7.05 Å². The molecule has 2 aromatic rings. The summed E-state index contributed by atoms with van der Waals surface area (Å²) >= 11 is 9.34. The van der Waals surface area contributed by atoms with Crippen LogP contribution in [0.3, 0.4) is 0 Å². The highest BCUT2D eigenvalue weighted by Gasteiger charge is 2.13. The smallest absolute Gasteiger partial charge is 0.137 e. The fourth-order valence-electron chi connectivity index (χ4n) is 1.69. The first kappa shape index (κ1) is 14.3. The van der Waals surface area contributed by atoms with Gasteiger partial charge < -0.3 is 4.74 Å². The standard InChI is InChI=1S/C13H13BrClFN2O/c1-3-11-13(15)12(18(2)17-11)7-19-8-4-5-10(16)9(14)6-8/h4-6H,3,7H2,1-2H3. The molecule has 0 saturated heterocycles. The molecular formula is C13H13BrClFN2O. The van der Waals surface area contributed by atoms with Crippen LogP contribution in [0.2, 0.25) is 5.02 Å². The Morgan fingerprint density at radius 3 is 2.79 bits per heavy atom. The van der Waals surface area contributed by atoms with Crippen molar-refractivity contribution >= 4 is 27.5 Å². The van der Waals surface area contributed by atoms with E-state index in [2.05, 4.69) is 21.0 Å². The molecule has 1 aromatic carbocycles. The lowest BCUT2D eigenvalue weighted by Crippen LogP contribution is -2.03. The lowest BCUT2D eigenvalue weighted by Gasteiger charge is -2.07. The minimum atomic E-state index is -0.320. The topological polar surface area (TPSA) is 27.1 Å². The van der Waals surface area contributed by atoms with E-state index >= 15 is 0 Å². The zero-order chi connectivity index (χ0) is 14.0. The lowest BCUT2D eigenvalue weighted by molar-refractivity contribution is 0.294. The molecule has 0 spiro atoms. The van der Waals surface area contributed by atoms with E-state index in [1.54, 1.807) is 16.8 Å². The summed E-state index contributed by atoms with van der Waals surface area (Å²) in [5.74, 6) is 0.253. The molecule has 2 rings (SSSR count). The zero-order valence-corrected chi connectivity index (χ0v) is 12.9. The van der Waals surface area contributed by atoms with Crippen LogP contribution >= 0.6 is 27.5 Å². The lowest BCUT2D eigenvalue weighted by atomic mass is 10.3. The van der Waals surface area contributed by atoms with Gasteiger partial charge in [-0.15, -0.1) is 0 Å². The van der Waals surface area contributed by atoms with E-state index in [1.165, 1.54) is 6.07 Å². The van der Waals surface area contributed by atoms with Gasteiger partial charge in [-0.25, -0.2) is 4.39 Å². The maximum Gasteiger partial charge on any atom is 0.137 e. The highest BCUT2D eigenvalue weighted by Crippen LogP contribution is 2.25. The molecule has 0 aliphatic heterocycles.